The van der Waals surface area contributed by atoms with Gasteiger partial charge in [-0.05, 0) is 43.1 Å². The Morgan fingerprint density at radius 2 is 2.29 bits per heavy atom. The van der Waals surface area contributed by atoms with E-state index < -0.39 is 0 Å². The summed E-state index contributed by atoms with van der Waals surface area (Å²) in [6.07, 6.45) is 4.00. The summed E-state index contributed by atoms with van der Waals surface area (Å²) in [5.41, 5.74) is 1.24. The molecule has 0 aliphatic carbocycles. The fraction of sp³-hybridized carbons (Fsp3) is 0.429. The zero-order valence-corrected chi connectivity index (χ0v) is 12.1. The first kappa shape index (κ1) is 14.3. The summed E-state index contributed by atoms with van der Waals surface area (Å²) >= 11 is 3.60. The lowest BCUT2D eigenvalue weighted by Gasteiger charge is -2.19. The first-order valence-corrected chi connectivity index (χ1v) is 6.70. The van der Waals surface area contributed by atoms with Crippen molar-refractivity contribution in [3.05, 3.63) is 40.9 Å². The lowest BCUT2D eigenvalue weighted by molar-refractivity contribution is 0.412. The highest BCUT2D eigenvalue weighted by Crippen LogP contribution is 2.30. The Hall–Kier alpha value is -0.800. The van der Waals surface area contributed by atoms with E-state index in [-0.39, 0.29) is 0 Å². The predicted octanol–water partition coefficient (Wildman–Crippen LogP) is 4.07. The van der Waals surface area contributed by atoms with E-state index in [1.165, 1.54) is 5.56 Å². The van der Waals surface area contributed by atoms with Gasteiger partial charge in [0.1, 0.15) is 5.75 Å². The highest BCUT2D eigenvalue weighted by Gasteiger charge is 2.13. The molecule has 0 aliphatic heterocycles. The SMILES string of the molecule is C=CCCC(NCC)c1cc(OC)ccc1Br. The van der Waals surface area contributed by atoms with Crippen LogP contribution < -0.4 is 10.1 Å². The molecule has 0 saturated heterocycles. The quantitative estimate of drug-likeness (QED) is 0.766. The van der Waals surface area contributed by atoms with Gasteiger partial charge < -0.3 is 10.1 Å². The van der Waals surface area contributed by atoms with E-state index in [1.807, 2.05) is 18.2 Å². The van der Waals surface area contributed by atoms with E-state index in [4.69, 9.17) is 4.74 Å². The third-order valence-corrected chi connectivity index (χ3v) is 3.41. The van der Waals surface area contributed by atoms with Crippen LogP contribution in [0.2, 0.25) is 0 Å². The Bertz CT molecular complexity index is 365. The summed E-state index contributed by atoms with van der Waals surface area (Å²) in [5, 5.41) is 3.49. The average Bonchev–Trinajstić information content (AvgIpc) is 2.35. The molecule has 0 bridgehead atoms. The van der Waals surface area contributed by atoms with Crippen molar-refractivity contribution in [1.29, 1.82) is 0 Å². The molecule has 1 aromatic rings. The lowest BCUT2D eigenvalue weighted by atomic mass is 10.0. The van der Waals surface area contributed by atoms with Crippen molar-refractivity contribution in [2.75, 3.05) is 13.7 Å². The second-order valence-corrected chi connectivity index (χ2v) is 4.72. The first-order valence-electron chi connectivity index (χ1n) is 5.90. The van der Waals surface area contributed by atoms with Gasteiger partial charge in [0, 0.05) is 10.5 Å². The second kappa shape index (κ2) is 7.51. The third kappa shape index (κ3) is 4.17. The molecule has 2 nitrogen and oxygen atoms in total. The molecule has 0 aliphatic rings. The lowest BCUT2D eigenvalue weighted by Crippen LogP contribution is -2.21. The highest BCUT2D eigenvalue weighted by atomic mass is 79.9. The van der Waals surface area contributed by atoms with E-state index in [9.17, 15) is 0 Å². The Morgan fingerprint density at radius 1 is 1.53 bits per heavy atom. The fourth-order valence-electron chi connectivity index (χ4n) is 1.81. The van der Waals surface area contributed by atoms with E-state index in [1.54, 1.807) is 7.11 Å². The molecule has 94 valence electrons. The number of hydrogen-bond donors (Lipinski definition) is 1. The number of allylic oxidation sites excluding steroid dienone is 1. The van der Waals surface area contributed by atoms with E-state index >= 15 is 0 Å². The zero-order chi connectivity index (χ0) is 12.7. The Kier molecular flexibility index (Phi) is 6.30. The molecule has 1 unspecified atom stereocenters. The van der Waals surface area contributed by atoms with Gasteiger partial charge >= 0.3 is 0 Å². The Balaban J connectivity index is 2.94. The third-order valence-electron chi connectivity index (χ3n) is 2.69. The molecule has 1 aromatic carbocycles. The van der Waals surface area contributed by atoms with Crippen LogP contribution >= 0.6 is 15.9 Å². The molecule has 3 heteroatoms. The number of hydrogen-bond acceptors (Lipinski definition) is 2. The molecule has 0 fully saturated rings. The van der Waals surface area contributed by atoms with Crippen LogP contribution in [0.15, 0.2) is 35.3 Å². The monoisotopic (exact) mass is 297 g/mol. The maximum atomic E-state index is 5.27. The van der Waals surface area contributed by atoms with Gasteiger partial charge in [0.25, 0.3) is 0 Å². The molecule has 1 N–H and O–H groups in total. The summed E-state index contributed by atoms with van der Waals surface area (Å²) in [6, 6.07) is 6.42. The number of methoxy groups -OCH3 is 1. The summed E-state index contributed by atoms with van der Waals surface area (Å²) in [5.74, 6) is 0.893. The maximum absolute atomic E-state index is 5.27. The second-order valence-electron chi connectivity index (χ2n) is 3.86. The van der Waals surface area contributed by atoms with E-state index in [0.29, 0.717) is 6.04 Å². The van der Waals surface area contributed by atoms with Crippen molar-refractivity contribution in [2.45, 2.75) is 25.8 Å². The van der Waals surface area contributed by atoms with Crippen LogP contribution in [0.1, 0.15) is 31.4 Å². The molecule has 0 spiro atoms. The van der Waals surface area contributed by atoms with Gasteiger partial charge in [0.2, 0.25) is 0 Å². The highest BCUT2D eigenvalue weighted by molar-refractivity contribution is 9.10. The van der Waals surface area contributed by atoms with Crippen LogP contribution in [0.25, 0.3) is 0 Å². The molecule has 0 saturated carbocycles. The molecule has 0 radical (unpaired) electrons. The molecular weight excluding hydrogens is 278 g/mol. The van der Waals surface area contributed by atoms with Gasteiger partial charge in [-0.3, -0.25) is 0 Å². The van der Waals surface area contributed by atoms with Crippen molar-refractivity contribution >= 4 is 15.9 Å². The van der Waals surface area contributed by atoms with Crippen molar-refractivity contribution in [3.8, 4) is 5.75 Å². The molecule has 0 heterocycles. The number of rotatable bonds is 7. The van der Waals surface area contributed by atoms with Crippen molar-refractivity contribution in [2.24, 2.45) is 0 Å². The summed E-state index contributed by atoms with van der Waals surface area (Å²) in [7, 11) is 1.69. The van der Waals surface area contributed by atoms with Gasteiger partial charge in [-0.1, -0.05) is 28.9 Å². The molecule has 1 atom stereocenters. The molecular formula is C14H20BrNO. The van der Waals surface area contributed by atoms with Gasteiger partial charge in [-0.15, -0.1) is 6.58 Å². The van der Waals surface area contributed by atoms with Crippen molar-refractivity contribution in [1.82, 2.24) is 5.32 Å². The van der Waals surface area contributed by atoms with Crippen LogP contribution in [0.5, 0.6) is 5.75 Å². The molecule has 17 heavy (non-hydrogen) atoms. The van der Waals surface area contributed by atoms with Crippen LogP contribution in [-0.2, 0) is 0 Å². The number of ether oxygens (including phenoxy) is 1. The molecule has 1 rings (SSSR count). The minimum atomic E-state index is 0.336. The number of nitrogens with one attached hydrogen (secondary N) is 1. The standard InChI is InChI=1S/C14H20BrNO/c1-4-6-7-14(16-5-2)12-10-11(17-3)8-9-13(12)15/h4,8-10,14,16H,1,5-7H2,2-3H3. The largest absolute Gasteiger partial charge is 0.497 e. The minimum Gasteiger partial charge on any atom is -0.497 e. The number of benzene rings is 1. The maximum Gasteiger partial charge on any atom is 0.119 e. The summed E-state index contributed by atoms with van der Waals surface area (Å²) in [6.45, 7) is 6.85. The van der Waals surface area contributed by atoms with Gasteiger partial charge in [0.05, 0.1) is 7.11 Å². The molecule has 0 aromatic heterocycles. The molecule has 0 amide bonds. The topological polar surface area (TPSA) is 21.3 Å². The van der Waals surface area contributed by atoms with Crippen LogP contribution in [0.3, 0.4) is 0 Å². The van der Waals surface area contributed by atoms with Crippen LogP contribution in [0.4, 0.5) is 0 Å². The summed E-state index contributed by atoms with van der Waals surface area (Å²) in [4.78, 5) is 0. The van der Waals surface area contributed by atoms with Gasteiger partial charge in [-0.25, -0.2) is 0 Å². The zero-order valence-electron chi connectivity index (χ0n) is 10.5. The predicted molar refractivity (Wildman–Crippen MR) is 76.5 cm³/mol. The Labute approximate surface area is 112 Å². The number of halogens is 1. The van der Waals surface area contributed by atoms with Crippen molar-refractivity contribution < 1.29 is 4.74 Å². The summed E-state index contributed by atoms with van der Waals surface area (Å²) < 4.78 is 6.39. The Morgan fingerprint density at radius 3 is 2.88 bits per heavy atom. The van der Waals surface area contributed by atoms with E-state index in [2.05, 4.69) is 40.8 Å². The van der Waals surface area contributed by atoms with Crippen molar-refractivity contribution in [3.63, 3.8) is 0 Å². The first-order chi connectivity index (χ1) is 8.22. The fourth-order valence-corrected chi connectivity index (χ4v) is 2.34. The normalized spacial score (nSPS) is 12.2. The van der Waals surface area contributed by atoms with Crippen LogP contribution in [-0.4, -0.2) is 13.7 Å². The van der Waals surface area contributed by atoms with Gasteiger partial charge in [-0.2, -0.15) is 0 Å². The van der Waals surface area contributed by atoms with Gasteiger partial charge in [0.15, 0.2) is 0 Å². The van der Waals surface area contributed by atoms with Crippen LogP contribution in [0, 0.1) is 0 Å². The smallest absolute Gasteiger partial charge is 0.119 e. The minimum absolute atomic E-state index is 0.336. The van der Waals surface area contributed by atoms with E-state index in [0.717, 1.165) is 29.6 Å². The average molecular weight is 298 g/mol.